The van der Waals surface area contributed by atoms with E-state index in [0.717, 1.165) is 17.8 Å². The van der Waals surface area contributed by atoms with Crippen LogP contribution in [0.2, 0.25) is 0 Å². The van der Waals surface area contributed by atoms with Gasteiger partial charge in [0.15, 0.2) is 11.6 Å². The van der Waals surface area contributed by atoms with Crippen LogP contribution in [0, 0.1) is 5.82 Å². The lowest BCUT2D eigenvalue weighted by atomic mass is 10.2. The summed E-state index contributed by atoms with van der Waals surface area (Å²) in [5.74, 6) is -0.0729. The Morgan fingerprint density at radius 3 is 2.95 bits per heavy atom. The Labute approximate surface area is 117 Å². The fourth-order valence-corrected chi connectivity index (χ4v) is 2.12. The van der Waals surface area contributed by atoms with Crippen LogP contribution in [0.15, 0.2) is 30.5 Å². The van der Waals surface area contributed by atoms with Gasteiger partial charge < -0.3 is 10.1 Å². The van der Waals surface area contributed by atoms with Crippen molar-refractivity contribution in [1.29, 1.82) is 0 Å². The van der Waals surface area contributed by atoms with Gasteiger partial charge in [0, 0.05) is 18.8 Å². The molecule has 1 aliphatic rings. The fraction of sp³-hybridized carbons (Fsp3) is 0.400. The van der Waals surface area contributed by atoms with E-state index in [9.17, 15) is 4.39 Å². The second-order valence-corrected chi connectivity index (χ2v) is 5.13. The van der Waals surface area contributed by atoms with Gasteiger partial charge >= 0.3 is 0 Å². The minimum atomic E-state index is -0.340. The average Bonchev–Trinajstić information content (AvgIpc) is 3.17. The van der Waals surface area contributed by atoms with Gasteiger partial charge in [-0.25, -0.2) is 4.39 Å². The molecule has 0 atom stereocenters. The van der Waals surface area contributed by atoms with E-state index in [2.05, 4.69) is 10.4 Å². The first-order valence-electron chi connectivity index (χ1n) is 6.83. The van der Waals surface area contributed by atoms with Gasteiger partial charge in [0.05, 0.1) is 19.3 Å². The van der Waals surface area contributed by atoms with E-state index >= 15 is 0 Å². The van der Waals surface area contributed by atoms with Crippen LogP contribution in [0.3, 0.4) is 0 Å². The quantitative estimate of drug-likeness (QED) is 0.879. The van der Waals surface area contributed by atoms with Crippen LogP contribution < -0.4 is 10.1 Å². The molecular weight excluding hydrogens is 257 g/mol. The van der Waals surface area contributed by atoms with Crippen molar-refractivity contribution in [2.75, 3.05) is 7.11 Å². The average molecular weight is 275 g/mol. The van der Waals surface area contributed by atoms with Crippen molar-refractivity contribution in [3.8, 4) is 5.75 Å². The highest BCUT2D eigenvalue weighted by atomic mass is 19.1. The monoisotopic (exact) mass is 275 g/mol. The summed E-state index contributed by atoms with van der Waals surface area (Å²) < 4.78 is 20.3. The Balaban J connectivity index is 1.63. The van der Waals surface area contributed by atoms with E-state index < -0.39 is 0 Å². The first kappa shape index (κ1) is 13.1. The lowest BCUT2D eigenvalue weighted by Crippen LogP contribution is -2.16. The van der Waals surface area contributed by atoms with E-state index in [1.165, 1.54) is 26.0 Å². The van der Waals surface area contributed by atoms with Gasteiger partial charge in [0.1, 0.15) is 0 Å². The molecule has 1 heterocycles. The molecule has 5 heteroatoms. The van der Waals surface area contributed by atoms with Gasteiger partial charge in [-0.1, -0.05) is 6.07 Å². The molecule has 106 valence electrons. The number of nitrogens with zero attached hydrogens (tertiary/aromatic N) is 2. The highest BCUT2D eigenvalue weighted by Crippen LogP contribution is 2.19. The van der Waals surface area contributed by atoms with Crippen molar-refractivity contribution in [1.82, 2.24) is 15.1 Å². The standard InChI is InChI=1S/C15H18FN3O/c1-20-15-5-2-11(8-14(15)16)10-19-7-6-13(18-19)9-17-12-3-4-12/h2,5-8,12,17H,3-4,9-10H2,1H3. The number of benzene rings is 1. The van der Waals surface area contributed by atoms with Gasteiger partial charge in [-0.05, 0) is 36.6 Å². The third-order valence-corrected chi connectivity index (χ3v) is 3.41. The van der Waals surface area contributed by atoms with Crippen molar-refractivity contribution in [3.63, 3.8) is 0 Å². The highest BCUT2D eigenvalue weighted by Gasteiger charge is 2.20. The third-order valence-electron chi connectivity index (χ3n) is 3.41. The van der Waals surface area contributed by atoms with Crippen molar-refractivity contribution in [2.45, 2.75) is 32.0 Å². The molecule has 1 aliphatic carbocycles. The Morgan fingerprint density at radius 1 is 1.40 bits per heavy atom. The SMILES string of the molecule is COc1ccc(Cn2ccc(CNC3CC3)n2)cc1F. The third kappa shape index (κ3) is 3.17. The molecule has 1 saturated carbocycles. The summed E-state index contributed by atoms with van der Waals surface area (Å²) in [6.07, 6.45) is 4.46. The van der Waals surface area contributed by atoms with Crippen molar-refractivity contribution >= 4 is 0 Å². The number of hydrogen-bond donors (Lipinski definition) is 1. The summed E-state index contributed by atoms with van der Waals surface area (Å²) in [6.45, 7) is 1.36. The van der Waals surface area contributed by atoms with Crippen molar-refractivity contribution < 1.29 is 9.13 Å². The molecule has 1 N–H and O–H groups in total. The fourth-order valence-electron chi connectivity index (χ4n) is 2.12. The van der Waals surface area contributed by atoms with Gasteiger partial charge in [0.2, 0.25) is 0 Å². The lowest BCUT2D eigenvalue weighted by molar-refractivity contribution is 0.386. The number of nitrogens with one attached hydrogen (secondary N) is 1. The number of ether oxygens (including phenoxy) is 1. The molecule has 3 rings (SSSR count). The Bertz CT molecular complexity index is 593. The summed E-state index contributed by atoms with van der Waals surface area (Å²) in [6, 6.07) is 7.66. The van der Waals surface area contributed by atoms with Gasteiger partial charge in [-0.2, -0.15) is 5.10 Å². The molecule has 0 aliphatic heterocycles. The first-order valence-corrected chi connectivity index (χ1v) is 6.83. The van der Waals surface area contributed by atoms with Gasteiger partial charge in [-0.3, -0.25) is 4.68 Å². The van der Waals surface area contributed by atoms with Crippen LogP contribution >= 0.6 is 0 Å². The van der Waals surface area contributed by atoms with Crippen LogP contribution in [0.4, 0.5) is 4.39 Å². The van der Waals surface area contributed by atoms with E-state index in [1.54, 1.807) is 6.07 Å². The molecule has 0 saturated heterocycles. The Hall–Kier alpha value is -1.88. The molecule has 0 unspecified atom stereocenters. The summed E-state index contributed by atoms with van der Waals surface area (Å²) in [4.78, 5) is 0. The maximum absolute atomic E-state index is 13.6. The predicted molar refractivity (Wildman–Crippen MR) is 74.1 cm³/mol. The second kappa shape index (κ2) is 5.63. The summed E-state index contributed by atoms with van der Waals surface area (Å²) in [5, 5.41) is 7.90. The van der Waals surface area contributed by atoms with E-state index in [0.29, 0.717) is 12.6 Å². The summed E-state index contributed by atoms with van der Waals surface area (Å²) in [5.41, 5.74) is 1.89. The Kier molecular flexibility index (Phi) is 3.69. The largest absolute Gasteiger partial charge is 0.494 e. The van der Waals surface area contributed by atoms with Crippen LogP contribution in [-0.4, -0.2) is 22.9 Å². The number of rotatable bonds is 6. The summed E-state index contributed by atoms with van der Waals surface area (Å²) >= 11 is 0. The van der Waals surface area contributed by atoms with Crippen molar-refractivity contribution in [3.05, 3.63) is 47.5 Å². The molecule has 1 aromatic heterocycles. The van der Waals surface area contributed by atoms with Crippen LogP contribution in [0.1, 0.15) is 24.1 Å². The van der Waals surface area contributed by atoms with E-state index in [4.69, 9.17) is 4.74 Å². The van der Waals surface area contributed by atoms with E-state index in [-0.39, 0.29) is 11.6 Å². The van der Waals surface area contributed by atoms with Crippen molar-refractivity contribution in [2.24, 2.45) is 0 Å². The summed E-state index contributed by atoms with van der Waals surface area (Å²) in [7, 11) is 1.46. The number of aromatic nitrogens is 2. The molecule has 0 radical (unpaired) electrons. The minimum absolute atomic E-state index is 0.267. The highest BCUT2D eigenvalue weighted by molar-refractivity contribution is 5.29. The lowest BCUT2D eigenvalue weighted by Gasteiger charge is -2.05. The van der Waals surface area contributed by atoms with Crippen LogP contribution in [-0.2, 0) is 13.1 Å². The van der Waals surface area contributed by atoms with E-state index in [1.807, 2.05) is 23.0 Å². The molecule has 4 nitrogen and oxygen atoms in total. The van der Waals surface area contributed by atoms with Crippen LogP contribution in [0.25, 0.3) is 0 Å². The second-order valence-electron chi connectivity index (χ2n) is 5.13. The zero-order valence-corrected chi connectivity index (χ0v) is 11.5. The number of hydrogen-bond acceptors (Lipinski definition) is 3. The topological polar surface area (TPSA) is 39.1 Å². The Morgan fingerprint density at radius 2 is 2.25 bits per heavy atom. The zero-order valence-electron chi connectivity index (χ0n) is 11.5. The molecule has 0 amide bonds. The molecule has 20 heavy (non-hydrogen) atoms. The molecule has 0 bridgehead atoms. The zero-order chi connectivity index (χ0) is 13.9. The first-order chi connectivity index (χ1) is 9.74. The van der Waals surface area contributed by atoms with Crippen LogP contribution in [0.5, 0.6) is 5.75 Å². The molecule has 2 aromatic rings. The normalized spacial score (nSPS) is 14.5. The minimum Gasteiger partial charge on any atom is -0.494 e. The molecule has 1 fully saturated rings. The maximum Gasteiger partial charge on any atom is 0.165 e. The molecular formula is C15H18FN3O. The maximum atomic E-state index is 13.6. The number of methoxy groups -OCH3 is 1. The van der Waals surface area contributed by atoms with Gasteiger partial charge in [-0.15, -0.1) is 0 Å². The molecule has 1 aromatic carbocycles. The van der Waals surface area contributed by atoms with Gasteiger partial charge in [0.25, 0.3) is 0 Å². The predicted octanol–water partition coefficient (Wildman–Crippen LogP) is 2.33. The number of halogens is 1. The molecule has 0 spiro atoms. The smallest absolute Gasteiger partial charge is 0.165 e.